The van der Waals surface area contributed by atoms with Gasteiger partial charge in [-0.05, 0) is 44.3 Å². The van der Waals surface area contributed by atoms with E-state index in [4.69, 9.17) is 32.9 Å². The molecule has 19 heavy (non-hydrogen) atoms. The normalized spacial score (nSPS) is 63.3. The third-order valence-corrected chi connectivity index (χ3v) is 2.14. The first kappa shape index (κ1) is 2.79. The molecule has 0 radical (unpaired) electrons. The van der Waals surface area contributed by atoms with E-state index >= 15 is 0 Å². The molecule has 0 aromatic heterocycles. The molecule has 0 aliphatic heterocycles. The second-order valence-corrected chi connectivity index (χ2v) is 3.34. The van der Waals surface area contributed by atoms with Crippen LogP contribution in [0.15, 0.2) is 24.2 Å². The van der Waals surface area contributed by atoms with E-state index in [1.165, 1.54) is 0 Å². The predicted molar refractivity (Wildman–Crippen MR) is 77.4 cm³/mol. The molecule has 0 amide bonds. The van der Waals surface area contributed by atoms with Crippen LogP contribution in [0.25, 0.3) is 0 Å². The van der Waals surface area contributed by atoms with Gasteiger partial charge in [0.1, 0.15) is 5.75 Å². The van der Waals surface area contributed by atoms with Gasteiger partial charge >= 0.3 is 0 Å². The van der Waals surface area contributed by atoms with Crippen LogP contribution in [-0.4, -0.2) is 37.5 Å². The van der Waals surface area contributed by atoms with Gasteiger partial charge in [-0.15, -0.1) is 0 Å². The average molecular weight is 288 g/mol. The third kappa shape index (κ3) is 3.10. The zero-order valence-corrected chi connectivity index (χ0v) is 9.30. The lowest BCUT2D eigenvalue weighted by Crippen LogP contribution is -2.43. The first-order valence-corrected chi connectivity index (χ1v) is 4.80. The first-order chi connectivity index (χ1) is 18.5. The van der Waals surface area contributed by atoms with Crippen molar-refractivity contribution in [2.24, 2.45) is 5.89 Å². The molecule has 1 aliphatic rings. The Hall–Kier alpha value is -1.06. The van der Waals surface area contributed by atoms with Gasteiger partial charge in [0.05, 0.1) is 22.2 Å². The molecule has 1 fully saturated rings. The first-order valence-electron chi connectivity index (χ1n) is 16.8. The van der Waals surface area contributed by atoms with Crippen molar-refractivity contribution in [2.75, 3.05) is 27.5 Å². The van der Waals surface area contributed by atoms with Gasteiger partial charge in [0.2, 0.25) is 0 Å². The summed E-state index contributed by atoms with van der Waals surface area (Å²) in [6.07, 6.45) is -18.2. The number of benzene rings is 1. The van der Waals surface area contributed by atoms with E-state index in [2.05, 4.69) is 4.74 Å². The van der Waals surface area contributed by atoms with Crippen LogP contribution in [0.3, 0.4) is 0 Å². The van der Waals surface area contributed by atoms with Crippen LogP contribution in [0.1, 0.15) is 64.0 Å². The lowest BCUT2D eigenvalue weighted by atomic mass is 9.71. The number of aliphatic hydroxyl groups is 1. The Morgan fingerprint density at radius 1 is 1.68 bits per heavy atom. The summed E-state index contributed by atoms with van der Waals surface area (Å²) in [7, 11) is -3.57. The molecule has 0 unspecified atom stereocenters. The van der Waals surface area contributed by atoms with Crippen molar-refractivity contribution in [2.45, 2.75) is 31.1 Å². The highest BCUT2D eigenvalue weighted by Gasteiger charge is 2.40. The van der Waals surface area contributed by atoms with Crippen LogP contribution in [0.2, 0.25) is 0 Å². The molecule has 2 atom stereocenters. The van der Waals surface area contributed by atoms with Crippen molar-refractivity contribution in [3.8, 4) is 5.75 Å². The summed E-state index contributed by atoms with van der Waals surface area (Å²) in [4.78, 5) is -1.15. The number of methoxy groups -OCH3 is 1. The summed E-state index contributed by atoms with van der Waals surface area (Å²) in [5, 5.41) is 12.2. The zero-order valence-electron chi connectivity index (χ0n) is 33.3. The SMILES string of the molecule is [2H]c1c([2H])c(OC([2H])([2H])[2H])c([2H])c([C@]2(O)C([2H])([2H])C([2H])([2H])C([2H])([2H])C([2H])([2H])[C@@]2([2H])C([2H])([2H])N(C([2H])([2H])[2H])C([2H])([2H])[2H])c1[2H]. The molecule has 1 aromatic rings. The van der Waals surface area contributed by atoms with E-state index in [0.29, 0.717) is 0 Å². The topological polar surface area (TPSA) is 32.7 Å². The summed E-state index contributed by atoms with van der Waals surface area (Å²) in [6.45, 7) is -13.2. The summed E-state index contributed by atoms with van der Waals surface area (Å²) in [6, 6.07) is -6.42. The summed E-state index contributed by atoms with van der Waals surface area (Å²) < 4.78 is 198. The fraction of sp³-hybridized carbons (Fsp3) is 0.625. The maximum Gasteiger partial charge on any atom is 0.119 e. The Balaban J connectivity index is 3.47. The van der Waals surface area contributed by atoms with Crippen LogP contribution < -0.4 is 4.74 Å². The van der Waals surface area contributed by atoms with Gasteiger partial charge < -0.3 is 14.7 Å². The molecule has 1 aromatic carbocycles. The Morgan fingerprint density at radius 3 is 3.37 bits per heavy atom. The lowest BCUT2D eigenvalue weighted by Gasteiger charge is -2.41. The van der Waals surface area contributed by atoms with Gasteiger partial charge in [-0.1, -0.05) is 24.8 Å². The minimum absolute atomic E-state index is 1.15. The molecule has 0 saturated heterocycles. The maximum atomic E-state index is 12.2. The number of nitrogens with zero attached hydrogens (tertiary/aromatic N) is 1. The van der Waals surface area contributed by atoms with Crippen LogP contribution >= 0.6 is 0 Å². The standard InChI is InChI=1S/C16H25NO2/c1-17(2)12-14-7-4-5-10-16(14,18)13-8-6-9-15(11-13)19-3/h6,8-9,11,14,18H,4-5,7,10,12H2,1-3H3/t14-,16+/m0/s1/i1D3,2D3,3D3,4D2,5D2,6D,7D2,8D,9D,10D2,11D,12D2,14D. The van der Waals surface area contributed by atoms with Gasteiger partial charge in [-0.25, -0.2) is 0 Å². The zero-order chi connectivity index (χ0) is 34.7. The Kier molecular flexibility index (Phi) is 0.871. The van der Waals surface area contributed by atoms with Gasteiger partial charge in [0.25, 0.3) is 0 Å². The van der Waals surface area contributed by atoms with E-state index in [0.717, 1.165) is 0 Å². The maximum absolute atomic E-state index is 12.2. The van der Waals surface area contributed by atoms with Crippen LogP contribution in [0.4, 0.5) is 0 Å². The highest BCUT2D eigenvalue weighted by Crippen LogP contribution is 2.42. The monoisotopic (exact) mass is 287 g/mol. The van der Waals surface area contributed by atoms with Gasteiger partial charge in [-0.3, -0.25) is 0 Å². The van der Waals surface area contributed by atoms with Crippen molar-refractivity contribution >= 4 is 0 Å². The molecule has 0 bridgehead atoms. The molecule has 1 aliphatic carbocycles. The van der Waals surface area contributed by atoms with E-state index in [9.17, 15) is 5.11 Å². The summed E-state index contributed by atoms with van der Waals surface area (Å²) in [5.74, 6) is -6.52. The van der Waals surface area contributed by atoms with Crippen molar-refractivity contribution in [3.05, 3.63) is 29.7 Å². The minimum Gasteiger partial charge on any atom is -0.497 e. The average Bonchev–Trinajstić information content (AvgIpc) is 2.75. The van der Waals surface area contributed by atoms with Gasteiger partial charge in [0, 0.05) is 35.7 Å². The third-order valence-electron chi connectivity index (χ3n) is 2.14. The molecule has 106 valence electrons. The van der Waals surface area contributed by atoms with Crippen molar-refractivity contribution in [1.29, 1.82) is 0 Å². The number of rotatable bonds is 4. The number of hydrogen-bond acceptors (Lipinski definition) is 3. The van der Waals surface area contributed by atoms with Gasteiger partial charge in [0.15, 0.2) is 0 Å². The molecule has 1 N–H and O–H groups in total. The predicted octanol–water partition coefficient (Wildman–Crippen LogP) is 2.63. The molecule has 0 spiro atoms. The molecule has 1 saturated carbocycles. The highest BCUT2D eigenvalue weighted by atomic mass is 16.5. The molecule has 0 heterocycles. The smallest absolute Gasteiger partial charge is 0.119 e. The molecular formula is C16H25NO2. The Bertz CT molecular complexity index is 1260. The van der Waals surface area contributed by atoms with Crippen molar-refractivity contribution < 1.29 is 42.7 Å². The lowest BCUT2D eigenvalue weighted by molar-refractivity contribution is -0.0619. The second-order valence-electron chi connectivity index (χ2n) is 3.34. The molecular weight excluding hydrogens is 238 g/mol. The number of ether oxygens (including phenoxy) is 1. The second kappa shape index (κ2) is 5.93. The fourth-order valence-electron chi connectivity index (χ4n) is 1.34. The summed E-state index contributed by atoms with van der Waals surface area (Å²) in [5.41, 5.74) is -6.86. The molecule has 3 nitrogen and oxygen atoms in total. The van der Waals surface area contributed by atoms with Crippen LogP contribution in [0.5, 0.6) is 5.75 Å². The van der Waals surface area contributed by atoms with E-state index in [1.807, 2.05) is 0 Å². The van der Waals surface area contributed by atoms with Crippen molar-refractivity contribution in [1.82, 2.24) is 4.90 Å². The Labute approximate surface area is 149 Å². The highest BCUT2D eigenvalue weighted by molar-refractivity contribution is 5.33. The van der Waals surface area contributed by atoms with E-state index < -0.39 is 105 Å². The van der Waals surface area contributed by atoms with Crippen LogP contribution in [0, 0.1) is 5.89 Å². The quantitative estimate of drug-likeness (QED) is 0.924. The molecule has 3 heteroatoms. The van der Waals surface area contributed by atoms with E-state index in [1.54, 1.807) is 0 Å². The molecule has 2 rings (SSSR count). The van der Waals surface area contributed by atoms with Crippen LogP contribution in [-0.2, 0) is 5.60 Å². The fourth-order valence-corrected chi connectivity index (χ4v) is 1.34. The minimum atomic E-state index is -4.97. The summed E-state index contributed by atoms with van der Waals surface area (Å²) >= 11 is 0. The van der Waals surface area contributed by atoms with E-state index in [-0.39, 0.29) is 0 Å². The number of hydrogen-bond donors (Lipinski definition) is 1. The Morgan fingerprint density at radius 2 is 2.58 bits per heavy atom. The van der Waals surface area contributed by atoms with Gasteiger partial charge in [-0.2, -0.15) is 0 Å². The largest absolute Gasteiger partial charge is 0.497 e. The van der Waals surface area contributed by atoms with Crippen molar-refractivity contribution in [3.63, 3.8) is 0 Å².